The fraction of sp³-hybridized carbons (Fsp3) is 0.576. The Morgan fingerprint density at radius 1 is 0.971 bits per heavy atom. The molecule has 0 aliphatic heterocycles. The van der Waals surface area contributed by atoms with Crippen LogP contribution >= 0.6 is 0 Å². The molecule has 1 N–H and O–H groups in total. The van der Waals surface area contributed by atoms with Crippen LogP contribution in [0, 0.1) is 5.92 Å². The molecular formula is C33H48O2. The third kappa shape index (κ3) is 8.24. The molecule has 2 heteroatoms. The first-order valence-electron chi connectivity index (χ1n) is 14.1. The second-order valence-corrected chi connectivity index (χ2v) is 11.2. The van der Waals surface area contributed by atoms with Crippen LogP contribution in [0.5, 0.6) is 5.75 Å². The molecule has 2 aromatic carbocycles. The molecular weight excluding hydrogens is 428 g/mol. The minimum Gasteiger partial charge on any atom is -0.489 e. The van der Waals surface area contributed by atoms with Crippen molar-refractivity contribution in [1.29, 1.82) is 0 Å². The van der Waals surface area contributed by atoms with Crippen LogP contribution in [0.4, 0.5) is 0 Å². The summed E-state index contributed by atoms with van der Waals surface area (Å²) in [5.41, 5.74) is 3.94. The van der Waals surface area contributed by atoms with Crippen molar-refractivity contribution in [2.45, 2.75) is 116 Å². The van der Waals surface area contributed by atoms with Crippen LogP contribution < -0.4 is 4.74 Å². The van der Waals surface area contributed by atoms with Gasteiger partial charge < -0.3 is 9.84 Å². The molecule has 0 saturated heterocycles. The second kappa shape index (κ2) is 13.9. The molecule has 1 aliphatic carbocycles. The summed E-state index contributed by atoms with van der Waals surface area (Å²) in [4.78, 5) is 0. The number of hydrogen-bond acceptors (Lipinski definition) is 2. The number of aliphatic hydroxyl groups is 1. The summed E-state index contributed by atoms with van der Waals surface area (Å²) in [6, 6.07) is 17.4. The van der Waals surface area contributed by atoms with Crippen LogP contribution in [0.1, 0.15) is 115 Å². The van der Waals surface area contributed by atoms with E-state index in [-0.39, 0.29) is 11.5 Å². The number of ether oxygens (including phenoxy) is 1. The van der Waals surface area contributed by atoms with Gasteiger partial charge in [0.05, 0.1) is 6.10 Å². The Hall–Kier alpha value is -2.06. The van der Waals surface area contributed by atoms with Crippen LogP contribution in [0.25, 0.3) is 0 Å². The van der Waals surface area contributed by atoms with Crippen molar-refractivity contribution in [3.63, 3.8) is 0 Å². The molecule has 35 heavy (non-hydrogen) atoms. The number of aliphatic hydroxyl groups excluding tert-OH is 1. The molecule has 2 aromatic rings. The Balaban J connectivity index is 1.89. The van der Waals surface area contributed by atoms with E-state index in [4.69, 9.17) is 4.74 Å². The van der Waals surface area contributed by atoms with Gasteiger partial charge in [0.25, 0.3) is 0 Å². The first-order chi connectivity index (χ1) is 16.9. The molecule has 3 rings (SSSR count). The maximum absolute atomic E-state index is 10.6. The zero-order valence-corrected chi connectivity index (χ0v) is 22.6. The second-order valence-electron chi connectivity index (χ2n) is 11.2. The third-order valence-electron chi connectivity index (χ3n) is 7.89. The monoisotopic (exact) mass is 476 g/mol. The van der Waals surface area contributed by atoms with E-state index in [2.05, 4.69) is 88.4 Å². The molecule has 1 fully saturated rings. The topological polar surface area (TPSA) is 29.5 Å². The van der Waals surface area contributed by atoms with E-state index in [1.54, 1.807) is 0 Å². The lowest BCUT2D eigenvalue weighted by Gasteiger charge is -2.36. The largest absolute Gasteiger partial charge is 0.489 e. The Labute approximate surface area is 214 Å². The summed E-state index contributed by atoms with van der Waals surface area (Å²) in [6.07, 6.45) is 15.7. The third-order valence-corrected chi connectivity index (χ3v) is 7.89. The normalized spacial score (nSPS) is 20.9. The highest BCUT2D eigenvalue weighted by Gasteiger charge is 2.33. The lowest BCUT2D eigenvalue weighted by atomic mass is 9.71. The van der Waals surface area contributed by atoms with Gasteiger partial charge >= 0.3 is 0 Å². The van der Waals surface area contributed by atoms with Crippen molar-refractivity contribution in [1.82, 2.24) is 0 Å². The van der Waals surface area contributed by atoms with Gasteiger partial charge in [-0.15, -0.1) is 0 Å². The van der Waals surface area contributed by atoms with Crippen molar-refractivity contribution in [3.8, 4) is 5.75 Å². The molecule has 0 heterocycles. The fourth-order valence-corrected chi connectivity index (χ4v) is 5.57. The van der Waals surface area contributed by atoms with Crippen molar-refractivity contribution in [3.05, 3.63) is 77.4 Å². The van der Waals surface area contributed by atoms with Gasteiger partial charge in [-0.25, -0.2) is 0 Å². The zero-order valence-electron chi connectivity index (χ0n) is 22.6. The van der Waals surface area contributed by atoms with E-state index in [1.807, 2.05) is 0 Å². The summed E-state index contributed by atoms with van der Waals surface area (Å²) in [7, 11) is 0. The van der Waals surface area contributed by atoms with E-state index in [0.29, 0.717) is 18.4 Å². The summed E-state index contributed by atoms with van der Waals surface area (Å²) >= 11 is 0. The molecule has 1 aliphatic rings. The molecule has 1 saturated carbocycles. The number of unbranched alkanes of at least 4 members (excludes halogenated alkanes) is 3. The van der Waals surface area contributed by atoms with E-state index >= 15 is 0 Å². The van der Waals surface area contributed by atoms with Crippen LogP contribution in [0.2, 0.25) is 0 Å². The predicted molar refractivity (Wildman–Crippen MR) is 149 cm³/mol. The van der Waals surface area contributed by atoms with Gasteiger partial charge in [0.15, 0.2) is 0 Å². The predicted octanol–water partition coefficient (Wildman–Crippen LogP) is 9.11. The van der Waals surface area contributed by atoms with Gasteiger partial charge in [0.1, 0.15) is 12.4 Å². The molecule has 0 radical (unpaired) electrons. The zero-order chi connectivity index (χ0) is 25.1. The summed E-state index contributed by atoms with van der Waals surface area (Å²) in [6.45, 7) is 9.78. The molecule has 0 spiro atoms. The highest BCUT2D eigenvalue weighted by molar-refractivity contribution is 5.43. The van der Waals surface area contributed by atoms with E-state index in [0.717, 1.165) is 37.9 Å². The van der Waals surface area contributed by atoms with Crippen molar-refractivity contribution in [2.75, 3.05) is 0 Å². The van der Waals surface area contributed by atoms with Gasteiger partial charge in [-0.3, -0.25) is 0 Å². The highest BCUT2D eigenvalue weighted by Crippen LogP contribution is 2.45. The standard InChI is InChI=1S/C33H48O2/c1-5-7-9-14-22-33(3,4)28-19-21-30(32(23-28)35-25-26-15-12-10-13-16-26)31-24-29(34)20-18-27(31)17-11-8-6-2/h8,10-13,15-16,19,21,23,27,29,31,34H,5-7,9,14,17-18,20,22,24-25H2,1-4H3/b11-8-. The average Bonchev–Trinajstić information content (AvgIpc) is 2.87. The van der Waals surface area contributed by atoms with Crippen LogP contribution in [0.3, 0.4) is 0 Å². The minimum atomic E-state index is -0.219. The molecule has 0 bridgehead atoms. The number of hydrogen-bond donors (Lipinski definition) is 1. The van der Waals surface area contributed by atoms with Gasteiger partial charge in [0, 0.05) is 0 Å². The Bertz CT molecular complexity index is 899. The lowest BCUT2D eigenvalue weighted by molar-refractivity contribution is 0.0932. The molecule has 192 valence electrons. The Morgan fingerprint density at radius 2 is 1.77 bits per heavy atom. The van der Waals surface area contributed by atoms with Crippen molar-refractivity contribution in [2.24, 2.45) is 5.92 Å². The molecule has 0 aromatic heterocycles. The van der Waals surface area contributed by atoms with Gasteiger partial charge in [-0.1, -0.05) is 108 Å². The quantitative estimate of drug-likeness (QED) is 0.231. The van der Waals surface area contributed by atoms with E-state index < -0.39 is 0 Å². The number of benzene rings is 2. The van der Waals surface area contributed by atoms with E-state index in [1.165, 1.54) is 48.8 Å². The Morgan fingerprint density at radius 3 is 2.51 bits per heavy atom. The SMILES string of the molecule is CC/C=C\CC1CCC(O)CC1c1ccc(C(C)(C)CCCCCC)cc1OCc1ccccc1. The van der Waals surface area contributed by atoms with Gasteiger partial charge in [-0.05, 0) is 78.5 Å². The summed E-state index contributed by atoms with van der Waals surface area (Å²) in [5.74, 6) is 1.89. The summed E-state index contributed by atoms with van der Waals surface area (Å²) in [5, 5.41) is 10.6. The molecule has 3 atom stereocenters. The maximum atomic E-state index is 10.6. The van der Waals surface area contributed by atoms with Crippen LogP contribution in [-0.4, -0.2) is 11.2 Å². The van der Waals surface area contributed by atoms with Crippen molar-refractivity contribution >= 4 is 0 Å². The first kappa shape index (κ1) is 27.5. The number of allylic oxidation sites excluding steroid dienone is 2. The van der Waals surface area contributed by atoms with Crippen LogP contribution in [0.15, 0.2) is 60.7 Å². The van der Waals surface area contributed by atoms with Crippen molar-refractivity contribution < 1.29 is 9.84 Å². The van der Waals surface area contributed by atoms with Gasteiger partial charge in [0.2, 0.25) is 0 Å². The molecule has 2 nitrogen and oxygen atoms in total. The smallest absolute Gasteiger partial charge is 0.123 e. The first-order valence-corrected chi connectivity index (χ1v) is 14.1. The fourth-order valence-electron chi connectivity index (χ4n) is 5.57. The Kier molecular flexibility index (Phi) is 10.9. The number of rotatable bonds is 13. The average molecular weight is 477 g/mol. The minimum absolute atomic E-state index is 0.118. The van der Waals surface area contributed by atoms with Gasteiger partial charge in [-0.2, -0.15) is 0 Å². The lowest BCUT2D eigenvalue weighted by Crippen LogP contribution is -2.27. The molecule has 0 amide bonds. The maximum Gasteiger partial charge on any atom is 0.123 e. The summed E-state index contributed by atoms with van der Waals surface area (Å²) < 4.78 is 6.56. The highest BCUT2D eigenvalue weighted by atomic mass is 16.5. The molecule has 3 unspecified atom stereocenters. The van der Waals surface area contributed by atoms with Crippen LogP contribution in [-0.2, 0) is 12.0 Å². The van der Waals surface area contributed by atoms with E-state index in [9.17, 15) is 5.11 Å².